The molecule has 2 aliphatic heterocycles. The summed E-state index contributed by atoms with van der Waals surface area (Å²) in [6.45, 7) is 0.251. The molecule has 1 atom stereocenters. The standard InChI is InChI=1S/C25H22N4O6/c1-34-15-5-2-13-11-29(23(32)16(13)8-15)12-25(10-21(30)28-24(25)33)20-9-18-19(35-20)7-6-17(27-18)22(31)26-14-3-4-14/h2,5-9,14H,3-4,10-12H2,1H3,(H,26,31)(H,28,30,33)/t25-/m1/s1. The number of methoxy groups -OCH3 is 1. The monoisotopic (exact) mass is 474 g/mol. The fourth-order valence-electron chi connectivity index (χ4n) is 4.74. The number of furan rings is 1. The Morgan fingerprint density at radius 1 is 1.23 bits per heavy atom. The molecule has 0 spiro atoms. The van der Waals surface area contributed by atoms with Gasteiger partial charge in [0.15, 0.2) is 5.58 Å². The SMILES string of the molecule is COc1ccc2c(c1)C(=O)N(C[C@@]1(c3cc4nc(C(=O)NC5CC5)ccc4o3)CC(=O)NC1=O)C2. The Bertz CT molecular complexity index is 1420. The van der Waals surface area contributed by atoms with Crippen LogP contribution < -0.4 is 15.4 Å². The summed E-state index contributed by atoms with van der Waals surface area (Å²) < 4.78 is 11.2. The number of carbonyl (C=O) groups excluding carboxylic acids is 4. The number of rotatable bonds is 6. The minimum atomic E-state index is -1.41. The minimum Gasteiger partial charge on any atom is -0.497 e. The van der Waals surface area contributed by atoms with Crippen LogP contribution in [0.2, 0.25) is 0 Å². The lowest BCUT2D eigenvalue weighted by Crippen LogP contribution is -2.46. The predicted octanol–water partition coefficient (Wildman–Crippen LogP) is 1.67. The smallest absolute Gasteiger partial charge is 0.270 e. The molecule has 0 radical (unpaired) electrons. The Hall–Kier alpha value is -4.21. The van der Waals surface area contributed by atoms with E-state index in [2.05, 4.69) is 15.6 Å². The van der Waals surface area contributed by atoms with E-state index >= 15 is 0 Å². The average molecular weight is 474 g/mol. The quantitative estimate of drug-likeness (QED) is 0.520. The number of amides is 4. The van der Waals surface area contributed by atoms with Crippen molar-refractivity contribution in [1.29, 1.82) is 0 Å². The van der Waals surface area contributed by atoms with E-state index in [9.17, 15) is 19.2 Å². The van der Waals surface area contributed by atoms with Crippen LogP contribution in [-0.2, 0) is 21.5 Å². The summed E-state index contributed by atoms with van der Waals surface area (Å²) in [5.41, 5.74) is 0.939. The van der Waals surface area contributed by atoms with Gasteiger partial charge < -0.3 is 19.4 Å². The normalized spacial score (nSPS) is 21.4. The Morgan fingerprint density at radius 3 is 2.77 bits per heavy atom. The van der Waals surface area contributed by atoms with Crippen LogP contribution in [0.4, 0.5) is 0 Å². The number of aromatic nitrogens is 1. The molecule has 2 fully saturated rings. The number of pyridine rings is 1. The Balaban J connectivity index is 1.34. The maximum Gasteiger partial charge on any atom is 0.270 e. The number of carbonyl (C=O) groups is 4. The summed E-state index contributed by atoms with van der Waals surface area (Å²) in [6.07, 6.45) is 1.76. The summed E-state index contributed by atoms with van der Waals surface area (Å²) in [6, 6.07) is 10.2. The van der Waals surface area contributed by atoms with Gasteiger partial charge in [0.05, 0.1) is 13.5 Å². The third-order valence-corrected chi connectivity index (χ3v) is 6.80. The maximum absolute atomic E-state index is 13.2. The zero-order valence-electron chi connectivity index (χ0n) is 18.9. The first kappa shape index (κ1) is 21.3. The number of hydrogen-bond donors (Lipinski definition) is 2. The van der Waals surface area contributed by atoms with E-state index < -0.39 is 17.2 Å². The summed E-state index contributed by atoms with van der Waals surface area (Å²) in [5.74, 6) is -0.708. The van der Waals surface area contributed by atoms with Crippen LogP contribution in [0.15, 0.2) is 40.8 Å². The van der Waals surface area contributed by atoms with Gasteiger partial charge in [-0.3, -0.25) is 24.5 Å². The number of benzene rings is 1. The van der Waals surface area contributed by atoms with Crippen LogP contribution in [0.1, 0.15) is 51.4 Å². The highest BCUT2D eigenvalue weighted by Gasteiger charge is 2.53. The molecule has 1 aliphatic carbocycles. The van der Waals surface area contributed by atoms with E-state index in [-0.39, 0.29) is 42.3 Å². The van der Waals surface area contributed by atoms with Crippen LogP contribution in [0.5, 0.6) is 5.75 Å². The van der Waals surface area contributed by atoms with Crippen LogP contribution in [0, 0.1) is 0 Å². The summed E-state index contributed by atoms with van der Waals surface area (Å²) in [4.78, 5) is 56.9. The van der Waals surface area contributed by atoms with Gasteiger partial charge in [0, 0.05) is 30.8 Å². The number of ether oxygens (including phenoxy) is 1. The van der Waals surface area contributed by atoms with Gasteiger partial charge in [-0.1, -0.05) is 6.07 Å². The van der Waals surface area contributed by atoms with Gasteiger partial charge >= 0.3 is 0 Å². The van der Waals surface area contributed by atoms with Gasteiger partial charge in [0.2, 0.25) is 11.8 Å². The van der Waals surface area contributed by atoms with Crippen LogP contribution >= 0.6 is 0 Å². The molecule has 0 bridgehead atoms. The van der Waals surface area contributed by atoms with Crippen molar-refractivity contribution in [2.45, 2.75) is 37.3 Å². The highest BCUT2D eigenvalue weighted by Crippen LogP contribution is 2.39. The zero-order valence-corrected chi connectivity index (χ0v) is 18.9. The van der Waals surface area contributed by atoms with Crippen LogP contribution in [-0.4, -0.2) is 53.2 Å². The van der Waals surface area contributed by atoms with Crippen molar-refractivity contribution in [1.82, 2.24) is 20.5 Å². The number of hydrogen-bond acceptors (Lipinski definition) is 7. The Morgan fingerprint density at radius 2 is 2.06 bits per heavy atom. The zero-order chi connectivity index (χ0) is 24.3. The van der Waals surface area contributed by atoms with Crippen molar-refractivity contribution in [3.05, 3.63) is 59.0 Å². The van der Waals surface area contributed by atoms with Crippen molar-refractivity contribution in [2.75, 3.05) is 13.7 Å². The molecule has 4 heterocycles. The fourth-order valence-corrected chi connectivity index (χ4v) is 4.74. The van der Waals surface area contributed by atoms with Gasteiger partial charge in [0.1, 0.15) is 28.1 Å². The van der Waals surface area contributed by atoms with Crippen molar-refractivity contribution < 1.29 is 28.3 Å². The van der Waals surface area contributed by atoms with Gasteiger partial charge in [-0.2, -0.15) is 0 Å². The molecule has 0 unspecified atom stereocenters. The molecule has 2 N–H and O–H groups in total. The van der Waals surface area contributed by atoms with E-state index in [1.165, 1.54) is 12.0 Å². The van der Waals surface area contributed by atoms with Crippen molar-refractivity contribution >= 4 is 34.7 Å². The molecule has 2 aromatic heterocycles. The lowest BCUT2D eigenvalue weighted by molar-refractivity contribution is -0.127. The third-order valence-electron chi connectivity index (χ3n) is 6.80. The number of fused-ring (bicyclic) bond motifs is 2. The molecule has 178 valence electrons. The molecule has 10 nitrogen and oxygen atoms in total. The molecule has 3 aliphatic rings. The molecule has 4 amide bonds. The minimum absolute atomic E-state index is 0.0464. The average Bonchev–Trinajstić information content (AvgIpc) is 3.35. The maximum atomic E-state index is 13.2. The molecular weight excluding hydrogens is 452 g/mol. The molecule has 6 rings (SSSR count). The number of nitrogens with one attached hydrogen (secondary N) is 2. The molecular formula is C25H22N4O6. The molecule has 35 heavy (non-hydrogen) atoms. The second kappa shape index (κ2) is 7.66. The second-order valence-corrected chi connectivity index (χ2v) is 9.26. The first-order valence-corrected chi connectivity index (χ1v) is 11.4. The highest BCUT2D eigenvalue weighted by atomic mass is 16.5. The topological polar surface area (TPSA) is 131 Å². The first-order chi connectivity index (χ1) is 16.9. The highest BCUT2D eigenvalue weighted by molar-refractivity contribution is 6.10. The third kappa shape index (κ3) is 3.52. The van der Waals surface area contributed by atoms with E-state index in [1.807, 2.05) is 6.07 Å². The van der Waals surface area contributed by atoms with Crippen molar-refractivity contribution in [3.8, 4) is 5.75 Å². The fraction of sp³-hybridized carbons (Fsp3) is 0.320. The summed E-state index contributed by atoms with van der Waals surface area (Å²) in [7, 11) is 1.53. The largest absolute Gasteiger partial charge is 0.497 e. The number of imide groups is 1. The number of nitrogens with zero attached hydrogens (tertiary/aromatic N) is 2. The predicted molar refractivity (Wildman–Crippen MR) is 122 cm³/mol. The summed E-state index contributed by atoms with van der Waals surface area (Å²) in [5, 5.41) is 5.25. The second-order valence-electron chi connectivity index (χ2n) is 9.26. The molecule has 1 saturated carbocycles. The summed E-state index contributed by atoms with van der Waals surface area (Å²) >= 11 is 0. The Labute approximate surface area is 199 Å². The van der Waals surface area contributed by atoms with Crippen molar-refractivity contribution in [3.63, 3.8) is 0 Å². The van der Waals surface area contributed by atoms with Crippen LogP contribution in [0.3, 0.4) is 0 Å². The first-order valence-electron chi connectivity index (χ1n) is 11.4. The van der Waals surface area contributed by atoms with E-state index in [0.717, 1.165) is 18.4 Å². The molecule has 10 heteroatoms. The van der Waals surface area contributed by atoms with Crippen LogP contribution in [0.25, 0.3) is 11.1 Å². The lowest BCUT2D eigenvalue weighted by atomic mass is 9.82. The lowest BCUT2D eigenvalue weighted by Gasteiger charge is -2.28. The van der Waals surface area contributed by atoms with E-state index in [0.29, 0.717) is 29.0 Å². The molecule has 1 aromatic carbocycles. The molecule has 3 aromatic rings. The van der Waals surface area contributed by atoms with Crippen molar-refractivity contribution in [2.24, 2.45) is 0 Å². The van der Waals surface area contributed by atoms with Gasteiger partial charge in [0.25, 0.3) is 11.8 Å². The van der Waals surface area contributed by atoms with E-state index in [4.69, 9.17) is 9.15 Å². The molecule has 1 saturated heterocycles. The van der Waals surface area contributed by atoms with Gasteiger partial charge in [-0.15, -0.1) is 0 Å². The van der Waals surface area contributed by atoms with E-state index in [1.54, 1.807) is 30.3 Å². The van der Waals surface area contributed by atoms with Gasteiger partial charge in [-0.05, 0) is 42.7 Å². The Kier molecular flexibility index (Phi) is 4.67. The van der Waals surface area contributed by atoms with Gasteiger partial charge in [-0.25, -0.2) is 4.98 Å².